The number of rotatable bonds is 6. The highest BCUT2D eigenvalue weighted by Gasteiger charge is 1.94. The van der Waals surface area contributed by atoms with Gasteiger partial charge in [0.25, 0.3) is 6.29 Å². The van der Waals surface area contributed by atoms with E-state index in [1.807, 2.05) is 6.92 Å². The second-order valence-electron chi connectivity index (χ2n) is 2.06. The van der Waals surface area contributed by atoms with Crippen molar-refractivity contribution in [2.75, 3.05) is 13.2 Å². The van der Waals surface area contributed by atoms with E-state index in [9.17, 15) is 4.79 Å². The molecule has 63 valence electrons. The zero-order valence-electron chi connectivity index (χ0n) is 6.67. The minimum absolute atomic E-state index is 0.0981. The van der Waals surface area contributed by atoms with Crippen LogP contribution in [0.25, 0.3) is 0 Å². The van der Waals surface area contributed by atoms with Gasteiger partial charge in [-0.3, -0.25) is 4.79 Å². The Labute approximate surface area is 66.7 Å². The van der Waals surface area contributed by atoms with E-state index in [0.29, 0.717) is 6.61 Å². The van der Waals surface area contributed by atoms with E-state index >= 15 is 0 Å². The van der Waals surface area contributed by atoms with Gasteiger partial charge in [-0.05, 0) is 12.5 Å². The summed E-state index contributed by atoms with van der Waals surface area (Å²) in [4.78, 5) is 10.1. The third-order valence-corrected chi connectivity index (χ3v) is 1.13. The average Bonchev–Trinajstić information content (AvgIpc) is 2.03. The molecule has 3 heteroatoms. The van der Waals surface area contributed by atoms with Crippen LogP contribution in [-0.2, 0) is 9.53 Å². The maximum absolute atomic E-state index is 10.1. The third-order valence-electron chi connectivity index (χ3n) is 1.13. The van der Waals surface area contributed by atoms with E-state index < -0.39 is 0 Å². The fourth-order valence-electron chi connectivity index (χ4n) is 0.539. The first kappa shape index (κ1) is 10.2. The van der Waals surface area contributed by atoms with Gasteiger partial charge < -0.3 is 9.84 Å². The van der Waals surface area contributed by atoms with Gasteiger partial charge in [0.15, 0.2) is 5.76 Å². The molecule has 0 saturated carbocycles. The van der Waals surface area contributed by atoms with Gasteiger partial charge in [-0.25, -0.2) is 0 Å². The zero-order chi connectivity index (χ0) is 8.53. The van der Waals surface area contributed by atoms with Crippen molar-refractivity contribution in [3.05, 3.63) is 11.8 Å². The third kappa shape index (κ3) is 5.61. The molecule has 0 unspecified atom stereocenters. The first-order chi connectivity index (χ1) is 5.35. The summed E-state index contributed by atoms with van der Waals surface area (Å²) in [5, 5.41) is 8.39. The number of carbonyl (C=O) groups excluding carboxylic acids is 1. The monoisotopic (exact) mass is 157 g/mol. The summed E-state index contributed by atoms with van der Waals surface area (Å²) in [7, 11) is 0. The van der Waals surface area contributed by atoms with E-state index in [2.05, 4.69) is 0 Å². The number of ether oxygens (including phenoxy) is 1. The lowest BCUT2D eigenvalue weighted by atomic mass is 10.4. The van der Waals surface area contributed by atoms with Gasteiger partial charge >= 0.3 is 0 Å². The molecule has 0 aliphatic rings. The molecule has 0 bridgehead atoms. The van der Waals surface area contributed by atoms with Crippen LogP contribution in [-0.4, -0.2) is 24.6 Å². The lowest BCUT2D eigenvalue weighted by Gasteiger charge is -2.01. The van der Waals surface area contributed by atoms with E-state index in [1.54, 1.807) is 6.29 Å². The Morgan fingerprint density at radius 2 is 2.45 bits per heavy atom. The van der Waals surface area contributed by atoms with Crippen molar-refractivity contribution in [2.24, 2.45) is 0 Å². The molecule has 1 N–H and O–H groups in total. The summed E-state index contributed by atoms with van der Waals surface area (Å²) in [6.07, 6.45) is 4.81. The standard InChI is InChI=1S/C8H13O3/c1-2-3-6-11-8(7-10)4-5-9/h4,9H,2-3,5-6H2,1H3. The molecular weight excluding hydrogens is 144 g/mol. The second-order valence-corrected chi connectivity index (χ2v) is 2.06. The van der Waals surface area contributed by atoms with Crippen LogP contribution >= 0.6 is 0 Å². The van der Waals surface area contributed by atoms with Crippen molar-refractivity contribution in [3.8, 4) is 0 Å². The molecule has 0 spiro atoms. The second kappa shape index (κ2) is 7.28. The van der Waals surface area contributed by atoms with Gasteiger partial charge in [0.2, 0.25) is 0 Å². The van der Waals surface area contributed by atoms with E-state index in [-0.39, 0.29) is 12.4 Å². The zero-order valence-corrected chi connectivity index (χ0v) is 6.67. The average molecular weight is 157 g/mol. The quantitative estimate of drug-likeness (QED) is 0.352. The summed E-state index contributed by atoms with van der Waals surface area (Å²) >= 11 is 0. The summed E-state index contributed by atoms with van der Waals surface area (Å²) < 4.78 is 4.95. The topological polar surface area (TPSA) is 46.5 Å². The SMILES string of the molecule is CCCCOC([C]=O)=CCO. The van der Waals surface area contributed by atoms with Crippen molar-refractivity contribution >= 4 is 6.29 Å². The number of hydrogen-bond acceptors (Lipinski definition) is 3. The Morgan fingerprint density at radius 1 is 1.73 bits per heavy atom. The number of allylic oxidation sites excluding steroid dienone is 1. The highest BCUT2D eigenvalue weighted by molar-refractivity contribution is 5.70. The molecule has 0 fully saturated rings. The Hall–Kier alpha value is -0.830. The van der Waals surface area contributed by atoms with Gasteiger partial charge in [0, 0.05) is 0 Å². The molecule has 0 rings (SSSR count). The first-order valence-electron chi connectivity index (χ1n) is 3.67. The number of aliphatic hydroxyl groups is 1. The molecular formula is C8H13O3. The smallest absolute Gasteiger partial charge is 0.271 e. The molecule has 11 heavy (non-hydrogen) atoms. The summed E-state index contributed by atoms with van der Waals surface area (Å²) in [6.45, 7) is 2.36. The normalized spacial score (nSPS) is 11.3. The van der Waals surface area contributed by atoms with Gasteiger partial charge in [-0.15, -0.1) is 0 Å². The highest BCUT2D eigenvalue weighted by atomic mass is 16.5. The van der Waals surface area contributed by atoms with E-state index in [1.165, 1.54) is 6.08 Å². The molecule has 0 aliphatic carbocycles. The van der Waals surface area contributed by atoms with Crippen LogP contribution in [0.15, 0.2) is 11.8 Å². The highest BCUT2D eigenvalue weighted by Crippen LogP contribution is 1.95. The summed E-state index contributed by atoms with van der Waals surface area (Å²) in [5.41, 5.74) is 0. The van der Waals surface area contributed by atoms with Crippen LogP contribution in [0.2, 0.25) is 0 Å². The van der Waals surface area contributed by atoms with Crippen LogP contribution in [0.3, 0.4) is 0 Å². The Morgan fingerprint density at radius 3 is 2.91 bits per heavy atom. The number of aliphatic hydroxyl groups excluding tert-OH is 1. The molecule has 0 amide bonds. The number of hydrogen-bond donors (Lipinski definition) is 1. The molecule has 1 radical (unpaired) electrons. The van der Waals surface area contributed by atoms with E-state index in [4.69, 9.17) is 9.84 Å². The largest absolute Gasteiger partial charge is 0.490 e. The fourth-order valence-corrected chi connectivity index (χ4v) is 0.539. The van der Waals surface area contributed by atoms with Crippen LogP contribution < -0.4 is 0 Å². The van der Waals surface area contributed by atoms with Crippen molar-refractivity contribution < 1.29 is 14.6 Å². The van der Waals surface area contributed by atoms with Crippen LogP contribution in [0.5, 0.6) is 0 Å². The molecule has 3 nitrogen and oxygen atoms in total. The molecule has 0 aromatic carbocycles. The molecule has 0 atom stereocenters. The molecule has 0 aromatic rings. The molecule has 0 saturated heterocycles. The minimum Gasteiger partial charge on any atom is -0.490 e. The van der Waals surface area contributed by atoms with Crippen molar-refractivity contribution in [2.45, 2.75) is 19.8 Å². The lowest BCUT2D eigenvalue weighted by Crippen LogP contribution is -1.96. The minimum atomic E-state index is -0.184. The van der Waals surface area contributed by atoms with Crippen molar-refractivity contribution in [1.82, 2.24) is 0 Å². The molecule has 0 heterocycles. The predicted octanol–water partition coefficient (Wildman–Crippen LogP) is 0.789. The van der Waals surface area contributed by atoms with Gasteiger partial charge in [0.05, 0.1) is 13.2 Å². The predicted molar refractivity (Wildman–Crippen MR) is 41.7 cm³/mol. The Balaban J connectivity index is 3.52. The van der Waals surface area contributed by atoms with E-state index in [0.717, 1.165) is 12.8 Å². The van der Waals surface area contributed by atoms with Crippen molar-refractivity contribution in [1.29, 1.82) is 0 Å². The van der Waals surface area contributed by atoms with Gasteiger partial charge in [-0.2, -0.15) is 0 Å². The summed E-state index contributed by atoms with van der Waals surface area (Å²) in [5.74, 6) is 0.0981. The lowest BCUT2D eigenvalue weighted by molar-refractivity contribution is 0.218. The Kier molecular flexibility index (Phi) is 6.73. The van der Waals surface area contributed by atoms with Gasteiger partial charge in [0.1, 0.15) is 0 Å². The maximum atomic E-state index is 10.1. The Bertz CT molecular complexity index is 129. The van der Waals surface area contributed by atoms with Crippen molar-refractivity contribution in [3.63, 3.8) is 0 Å². The van der Waals surface area contributed by atoms with Crippen LogP contribution in [0.1, 0.15) is 19.8 Å². The fraction of sp³-hybridized carbons (Fsp3) is 0.625. The maximum Gasteiger partial charge on any atom is 0.271 e. The van der Waals surface area contributed by atoms with Gasteiger partial charge in [-0.1, -0.05) is 13.3 Å². The summed E-state index contributed by atoms with van der Waals surface area (Å²) in [6, 6.07) is 0. The first-order valence-corrected chi connectivity index (χ1v) is 3.67. The number of unbranched alkanes of at least 4 members (excludes halogenated alkanes) is 1. The van der Waals surface area contributed by atoms with Crippen LogP contribution in [0, 0.1) is 0 Å². The molecule has 0 aromatic heterocycles. The molecule has 0 aliphatic heterocycles. The van der Waals surface area contributed by atoms with Crippen LogP contribution in [0.4, 0.5) is 0 Å².